The van der Waals surface area contributed by atoms with Gasteiger partial charge in [-0.05, 0) is 17.7 Å². The second-order valence-corrected chi connectivity index (χ2v) is 8.31. The number of nitrogens with zero attached hydrogens (tertiary/aromatic N) is 3. The van der Waals surface area contributed by atoms with Gasteiger partial charge in [-0.3, -0.25) is 14.3 Å². The zero-order valence-corrected chi connectivity index (χ0v) is 19.8. The van der Waals surface area contributed by atoms with Crippen molar-refractivity contribution in [1.29, 1.82) is 0 Å². The van der Waals surface area contributed by atoms with Crippen LogP contribution in [0.1, 0.15) is 21.5 Å². The first-order valence-electron chi connectivity index (χ1n) is 11.4. The van der Waals surface area contributed by atoms with Crippen LogP contribution in [-0.2, 0) is 17.9 Å². The Hall–Kier alpha value is -4.39. The number of rotatable bonds is 9. The molecule has 0 aliphatic carbocycles. The van der Waals surface area contributed by atoms with Gasteiger partial charge in [0.25, 0.3) is 11.8 Å². The lowest BCUT2D eigenvalue weighted by atomic mass is 10.1. The lowest BCUT2D eigenvalue weighted by molar-refractivity contribution is -0.130. The first-order chi connectivity index (χ1) is 17.0. The Morgan fingerprint density at radius 1 is 0.914 bits per heavy atom. The molecular weight excluding hydrogens is 440 g/mol. The van der Waals surface area contributed by atoms with Crippen LogP contribution in [0.4, 0.5) is 0 Å². The summed E-state index contributed by atoms with van der Waals surface area (Å²) in [5, 5.41) is 7.79. The van der Waals surface area contributed by atoms with Crippen LogP contribution in [0.15, 0.2) is 91.1 Å². The Morgan fingerprint density at radius 2 is 1.57 bits per heavy atom. The lowest BCUT2D eigenvalue weighted by Gasteiger charge is -2.14. The molecule has 0 aliphatic heterocycles. The van der Waals surface area contributed by atoms with E-state index < -0.39 is 0 Å². The molecular formula is C28H28N4O3. The molecule has 7 nitrogen and oxygen atoms in total. The molecule has 0 unspecified atom stereocenters. The van der Waals surface area contributed by atoms with E-state index >= 15 is 0 Å². The minimum Gasteiger partial charge on any atom is -0.483 e. The average Bonchev–Trinajstić information content (AvgIpc) is 3.29. The summed E-state index contributed by atoms with van der Waals surface area (Å²) in [6.45, 7) is 0.787. The summed E-state index contributed by atoms with van der Waals surface area (Å²) in [5.41, 5.74) is 4.22. The van der Waals surface area contributed by atoms with E-state index in [1.165, 1.54) is 4.90 Å². The van der Waals surface area contributed by atoms with Gasteiger partial charge < -0.3 is 15.0 Å². The van der Waals surface area contributed by atoms with Crippen LogP contribution in [0.5, 0.6) is 5.75 Å². The summed E-state index contributed by atoms with van der Waals surface area (Å²) >= 11 is 0. The largest absolute Gasteiger partial charge is 0.483 e. The Bertz CT molecular complexity index is 1280. The van der Waals surface area contributed by atoms with Crippen molar-refractivity contribution in [3.8, 4) is 17.0 Å². The van der Waals surface area contributed by atoms with Crippen LogP contribution in [0, 0.1) is 0 Å². The third kappa shape index (κ3) is 6.14. The summed E-state index contributed by atoms with van der Waals surface area (Å²) < 4.78 is 7.52. The number of carbonyl (C=O) groups is 2. The highest BCUT2D eigenvalue weighted by atomic mass is 16.5. The van der Waals surface area contributed by atoms with Gasteiger partial charge >= 0.3 is 0 Å². The van der Waals surface area contributed by atoms with Crippen molar-refractivity contribution in [2.75, 3.05) is 20.7 Å². The topological polar surface area (TPSA) is 76.5 Å². The molecule has 2 amide bonds. The van der Waals surface area contributed by atoms with Crippen LogP contribution in [0.3, 0.4) is 0 Å². The number of benzene rings is 3. The molecule has 0 spiro atoms. The normalized spacial score (nSPS) is 10.6. The van der Waals surface area contributed by atoms with Gasteiger partial charge in [-0.25, -0.2) is 0 Å². The minimum absolute atomic E-state index is 0.137. The van der Waals surface area contributed by atoms with E-state index in [2.05, 4.69) is 17.4 Å². The van der Waals surface area contributed by atoms with E-state index in [0.29, 0.717) is 24.4 Å². The van der Waals surface area contributed by atoms with E-state index in [1.54, 1.807) is 38.4 Å². The van der Waals surface area contributed by atoms with Crippen molar-refractivity contribution in [3.05, 3.63) is 108 Å². The highest BCUT2D eigenvalue weighted by molar-refractivity contribution is 5.97. The van der Waals surface area contributed by atoms with E-state index in [4.69, 9.17) is 9.84 Å². The van der Waals surface area contributed by atoms with Crippen molar-refractivity contribution in [2.24, 2.45) is 0 Å². The monoisotopic (exact) mass is 468 g/mol. The number of para-hydroxylation sites is 1. The molecule has 0 atom stereocenters. The van der Waals surface area contributed by atoms with Gasteiger partial charge in [0.1, 0.15) is 5.75 Å². The molecule has 0 fully saturated rings. The number of nitrogens with one attached hydrogen (secondary N) is 1. The van der Waals surface area contributed by atoms with Crippen LogP contribution in [-0.4, -0.2) is 47.2 Å². The average molecular weight is 469 g/mol. The third-order valence-corrected chi connectivity index (χ3v) is 5.49. The zero-order chi connectivity index (χ0) is 24.6. The molecule has 0 radical (unpaired) electrons. The molecule has 0 bridgehead atoms. The molecule has 3 aromatic carbocycles. The fraction of sp³-hybridized carbons (Fsp3) is 0.179. The number of ether oxygens (including phenoxy) is 1. The summed E-state index contributed by atoms with van der Waals surface area (Å²) in [7, 11) is 3.32. The molecule has 0 aliphatic rings. The highest BCUT2D eigenvalue weighted by Gasteiger charge is 2.16. The quantitative estimate of drug-likeness (QED) is 0.403. The van der Waals surface area contributed by atoms with Gasteiger partial charge in [-0.1, -0.05) is 72.8 Å². The van der Waals surface area contributed by atoms with Crippen molar-refractivity contribution in [2.45, 2.75) is 13.1 Å². The number of hydrogen-bond donors (Lipinski definition) is 1. The van der Waals surface area contributed by atoms with Crippen LogP contribution < -0.4 is 10.1 Å². The van der Waals surface area contributed by atoms with E-state index in [0.717, 1.165) is 22.4 Å². The number of likely N-dealkylation sites (N-methyl/N-ethyl adjacent to an activating group) is 1. The van der Waals surface area contributed by atoms with E-state index in [1.807, 2.05) is 59.4 Å². The molecule has 0 saturated carbocycles. The maximum Gasteiger partial charge on any atom is 0.259 e. The maximum atomic E-state index is 13.0. The molecule has 0 saturated heterocycles. The Labute approximate surface area is 205 Å². The van der Waals surface area contributed by atoms with Gasteiger partial charge in [-0.2, -0.15) is 5.10 Å². The predicted molar refractivity (Wildman–Crippen MR) is 135 cm³/mol. The smallest absolute Gasteiger partial charge is 0.259 e. The first-order valence-corrected chi connectivity index (χ1v) is 11.4. The molecule has 7 heteroatoms. The molecule has 4 aromatic rings. The van der Waals surface area contributed by atoms with Gasteiger partial charge in [0.2, 0.25) is 0 Å². The second-order valence-electron chi connectivity index (χ2n) is 8.31. The maximum absolute atomic E-state index is 13.0. The number of aromatic nitrogens is 2. The van der Waals surface area contributed by atoms with Crippen LogP contribution in [0.2, 0.25) is 0 Å². The van der Waals surface area contributed by atoms with Crippen molar-refractivity contribution in [3.63, 3.8) is 0 Å². The van der Waals surface area contributed by atoms with E-state index in [9.17, 15) is 9.59 Å². The molecule has 1 aromatic heterocycles. The van der Waals surface area contributed by atoms with Gasteiger partial charge in [0.05, 0.1) is 17.8 Å². The molecule has 1 N–H and O–H groups in total. The molecule has 4 rings (SSSR count). The van der Waals surface area contributed by atoms with Crippen LogP contribution >= 0.6 is 0 Å². The summed E-state index contributed by atoms with van der Waals surface area (Å²) in [5.74, 6) is -0.102. The first kappa shape index (κ1) is 23.8. The second kappa shape index (κ2) is 11.2. The SMILES string of the molecule is CN(C)C(=O)COc1ccccc1C(=O)NCc1cn(Cc2ccccc2)nc1-c1ccccc1. The number of amides is 2. The molecule has 35 heavy (non-hydrogen) atoms. The fourth-order valence-electron chi connectivity index (χ4n) is 3.60. The van der Waals surface area contributed by atoms with Crippen LogP contribution in [0.25, 0.3) is 11.3 Å². The van der Waals surface area contributed by atoms with E-state index in [-0.39, 0.29) is 18.4 Å². The number of carbonyl (C=O) groups excluding carboxylic acids is 2. The molecule has 1 heterocycles. The highest BCUT2D eigenvalue weighted by Crippen LogP contribution is 2.23. The standard InChI is InChI=1S/C28H28N4O3/c1-31(2)26(33)20-35-25-16-10-9-15-24(25)28(34)29-17-23-19-32(18-21-11-5-3-6-12-21)30-27(23)22-13-7-4-8-14-22/h3-16,19H,17-18,20H2,1-2H3,(H,29,34). The Balaban J connectivity index is 1.52. The lowest BCUT2D eigenvalue weighted by Crippen LogP contribution is -2.28. The molecule has 178 valence electrons. The predicted octanol–water partition coefficient (Wildman–Crippen LogP) is 4.00. The fourth-order valence-corrected chi connectivity index (χ4v) is 3.60. The van der Waals surface area contributed by atoms with Gasteiger partial charge in [0, 0.05) is 38.0 Å². The summed E-state index contributed by atoms with van der Waals surface area (Å²) in [6, 6.07) is 26.9. The van der Waals surface area contributed by atoms with Crippen molar-refractivity contribution >= 4 is 11.8 Å². The van der Waals surface area contributed by atoms with Crippen molar-refractivity contribution < 1.29 is 14.3 Å². The zero-order valence-electron chi connectivity index (χ0n) is 19.8. The Kier molecular flexibility index (Phi) is 7.57. The third-order valence-electron chi connectivity index (χ3n) is 5.49. The summed E-state index contributed by atoms with van der Waals surface area (Å²) in [6.07, 6.45) is 1.97. The van der Waals surface area contributed by atoms with Gasteiger partial charge in [0.15, 0.2) is 6.61 Å². The van der Waals surface area contributed by atoms with Crippen molar-refractivity contribution in [1.82, 2.24) is 20.0 Å². The summed E-state index contributed by atoms with van der Waals surface area (Å²) in [4.78, 5) is 26.4. The minimum atomic E-state index is -0.285. The van der Waals surface area contributed by atoms with Gasteiger partial charge in [-0.15, -0.1) is 0 Å². The number of hydrogen-bond acceptors (Lipinski definition) is 4. The Morgan fingerprint density at radius 3 is 2.29 bits per heavy atom.